The molecule has 3 rings (SSSR count). The second-order valence-corrected chi connectivity index (χ2v) is 8.76. The monoisotopic (exact) mass is 507 g/mol. The zero-order valence-electron chi connectivity index (χ0n) is 20.7. The van der Waals surface area contributed by atoms with Crippen molar-refractivity contribution in [1.29, 1.82) is 5.41 Å². The molecule has 1 heterocycles. The van der Waals surface area contributed by atoms with Gasteiger partial charge < -0.3 is 25.6 Å². The number of methoxy groups -OCH3 is 1. The van der Waals surface area contributed by atoms with E-state index in [9.17, 15) is 19.5 Å². The van der Waals surface area contributed by atoms with Crippen LogP contribution in [-0.4, -0.2) is 58.7 Å². The van der Waals surface area contributed by atoms with Gasteiger partial charge in [-0.3, -0.25) is 19.8 Å². The number of aliphatic carboxylic acids is 1. The van der Waals surface area contributed by atoms with Gasteiger partial charge >= 0.3 is 5.97 Å². The minimum absolute atomic E-state index is 0.176. The van der Waals surface area contributed by atoms with Crippen LogP contribution in [0.5, 0.6) is 5.88 Å². The number of rotatable bonds is 9. The van der Waals surface area contributed by atoms with Crippen LogP contribution in [0.1, 0.15) is 32.3 Å². The maximum absolute atomic E-state index is 13.0. The fourth-order valence-electron chi connectivity index (χ4n) is 3.47. The Bertz CT molecular complexity index is 1240. The smallest absolute Gasteiger partial charge is 0.308 e. The molecule has 11 nitrogen and oxygen atoms in total. The fourth-order valence-corrected chi connectivity index (χ4v) is 3.47. The van der Waals surface area contributed by atoms with E-state index in [-0.39, 0.29) is 17.9 Å². The summed E-state index contributed by atoms with van der Waals surface area (Å²) in [6.45, 7) is 2.54. The highest BCUT2D eigenvalue weighted by molar-refractivity contribution is 6.38. The molecule has 1 fully saturated rings. The molecule has 0 bridgehead atoms. The molecule has 1 aliphatic carbocycles. The average Bonchev–Trinajstić information content (AvgIpc) is 3.67. The minimum Gasteiger partial charge on any atom is -0.512 e. The molecule has 1 saturated carbocycles. The molecule has 37 heavy (non-hydrogen) atoms. The Balaban J connectivity index is 1.66. The third kappa shape index (κ3) is 6.78. The number of allylic oxidation sites excluding steroid dienone is 1. The van der Waals surface area contributed by atoms with Crippen LogP contribution in [0, 0.1) is 11.3 Å². The van der Waals surface area contributed by atoms with Crippen LogP contribution >= 0.6 is 0 Å². The number of amides is 2. The summed E-state index contributed by atoms with van der Waals surface area (Å²) in [6.07, 6.45) is 4.07. The van der Waals surface area contributed by atoms with Crippen LogP contribution in [0.3, 0.4) is 0 Å². The number of carbonyl (C=O) groups is 3. The molecule has 2 aromatic rings. The van der Waals surface area contributed by atoms with Crippen LogP contribution in [0.25, 0.3) is 11.1 Å². The van der Waals surface area contributed by atoms with E-state index >= 15 is 0 Å². The Labute approximate surface area is 213 Å². The van der Waals surface area contributed by atoms with E-state index in [1.54, 1.807) is 19.4 Å². The number of carboxylic acids is 1. The Hall–Kier alpha value is -4.54. The highest BCUT2D eigenvalue weighted by Crippen LogP contribution is 2.46. The number of hydrogen-bond donors (Lipinski definition) is 5. The Morgan fingerprint density at radius 1 is 1.14 bits per heavy atom. The first-order valence-corrected chi connectivity index (χ1v) is 11.5. The van der Waals surface area contributed by atoms with Crippen molar-refractivity contribution in [2.75, 3.05) is 13.7 Å². The van der Waals surface area contributed by atoms with Gasteiger partial charge in [-0.2, -0.15) is 0 Å². The van der Waals surface area contributed by atoms with Crippen molar-refractivity contribution in [2.45, 2.75) is 32.2 Å². The molecular formula is C26H29N5O6. The largest absolute Gasteiger partial charge is 0.512 e. The molecule has 11 heteroatoms. The zero-order chi connectivity index (χ0) is 27.2. The fraction of sp³-hybridized carbons (Fsp3) is 0.308. The second-order valence-electron chi connectivity index (χ2n) is 8.76. The number of nitrogens with zero attached hydrogens (tertiary/aromatic N) is 2. The molecule has 1 atom stereocenters. The summed E-state index contributed by atoms with van der Waals surface area (Å²) in [6, 6.07) is 11.4. The highest BCUT2D eigenvalue weighted by atomic mass is 16.5. The number of carbonyl (C=O) groups excluding carboxylic acids is 2. The number of aliphatic imine (C=N–C) groups is 1. The lowest BCUT2D eigenvalue weighted by molar-refractivity contribution is -0.141. The predicted molar refractivity (Wildman–Crippen MR) is 137 cm³/mol. The molecule has 194 valence electrons. The number of hydrogen-bond acceptors (Lipinski definition) is 7. The summed E-state index contributed by atoms with van der Waals surface area (Å²) >= 11 is 0. The van der Waals surface area contributed by atoms with Gasteiger partial charge in [0.1, 0.15) is 5.76 Å². The Kier molecular flexibility index (Phi) is 8.38. The van der Waals surface area contributed by atoms with Gasteiger partial charge in [-0.25, -0.2) is 9.98 Å². The van der Waals surface area contributed by atoms with Crippen molar-refractivity contribution in [2.24, 2.45) is 10.9 Å². The Morgan fingerprint density at radius 2 is 1.78 bits per heavy atom. The van der Waals surface area contributed by atoms with Gasteiger partial charge in [0, 0.05) is 30.6 Å². The molecule has 0 aliphatic heterocycles. The first-order valence-electron chi connectivity index (χ1n) is 11.5. The lowest BCUT2D eigenvalue weighted by Gasteiger charge is -2.19. The van der Waals surface area contributed by atoms with Crippen molar-refractivity contribution >= 4 is 29.8 Å². The van der Waals surface area contributed by atoms with Gasteiger partial charge in [-0.15, -0.1) is 0 Å². The lowest BCUT2D eigenvalue weighted by Crippen LogP contribution is -2.37. The summed E-state index contributed by atoms with van der Waals surface area (Å²) in [4.78, 5) is 43.7. The number of benzene rings is 1. The van der Waals surface area contributed by atoms with Gasteiger partial charge in [0.25, 0.3) is 11.8 Å². The third-order valence-electron chi connectivity index (χ3n) is 5.98. The number of aliphatic hydroxyl groups is 1. The zero-order valence-corrected chi connectivity index (χ0v) is 20.7. The first-order chi connectivity index (χ1) is 17.6. The topological polar surface area (TPSA) is 174 Å². The predicted octanol–water partition coefficient (Wildman–Crippen LogP) is 2.58. The van der Waals surface area contributed by atoms with Gasteiger partial charge in [0.2, 0.25) is 11.7 Å². The van der Waals surface area contributed by atoms with Crippen LogP contribution < -0.4 is 15.4 Å². The summed E-state index contributed by atoms with van der Waals surface area (Å²) in [7, 11) is 1.55. The number of carboxylic acid groups (broad SMARTS) is 1. The molecule has 2 amide bonds. The quantitative estimate of drug-likeness (QED) is 0.150. The summed E-state index contributed by atoms with van der Waals surface area (Å²) < 4.78 is 5.09. The van der Waals surface area contributed by atoms with Crippen LogP contribution in [0.15, 0.2) is 58.9 Å². The van der Waals surface area contributed by atoms with E-state index in [1.165, 1.54) is 13.8 Å². The molecular weight excluding hydrogens is 478 g/mol. The Morgan fingerprint density at radius 3 is 2.30 bits per heavy atom. The first kappa shape index (κ1) is 27.1. The summed E-state index contributed by atoms with van der Waals surface area (Å²) in [5, 5.41) is 31.9. The molecule has 0 spiro atoms. The number of aliphatic hydroxyl groups excluding tert-OH is 1. The van der Waals surface area contributed by atoms with Crippen LogP contribution in [-0.2, 0) is 19.9 Å². The van der Waals surface area contributed by atoms with Crippen molar-refractivity contribution in [3.63, 3.8) is 0 Å². The van der Waals surface area contributed by atoms with Gasteiger partial charge in [0.05, 0.1) is 24.1 Å². The van der Waals surface area contributed by atoms with Gasteiger partial charge in [0.15, 0.2) is 0 Å². The van der Waals surface area contributed by atoms with E-state index in [1.807, 2.05) is 30.3 Å². The van der Waals surface area contributed by atoms with E-state index < -0.39 is 35.1 Å². The molecule has 0 radical (unpaired) electrons. The van der Waals surface area contributed by atoms with E-state index in [2.05, 4.69) is 20.6 Å². The SMILES string of the molecule is COc1ccc(-c2ccc(C3(NC(=O)C(/C=N\C(=N)C(=O)NCC(C)C(=O)O)=C(/C)O)CC3)cc2)cn1. The summed E-state index contributed by atoms with van der Waals surface area (Å²) in [5.74, 6) is -3.95. The van der Waals surface area contributed by atoms with E-state index in [0.29, 0.717) is 18.7 Å². The van der Waals surface area contributed by atoms with Crippen LogP contribution in [0.4, 0.5) is 0 Å². The van der Waals surface area contributed by atoms with Crippen molar-refractivity contribution < 1.29 is 29.3 Å². The standard InChI is InChI=1S/C26H29N5O6/c1-15(25(35)36)12-30-24(34)22(27)29-14-20(16(2)32)23(33)31-26(10-11-26)19-7-4-17(5-8-19)18-6-9-21(37-3)28-13-18/h4-9,13-15,27,32H,10-12H2,1-3H3,(H,30,34)(H,31,33)(H,35,36)/b20-16-,27-22?,29-14-. The van der Waals surface area contributed by atoms with Gasteiger partial charge in [-0.1, -0.05) is 31.2 Å². The van der Waals surface area contributed by atoms with E-state index in [4.69, 9.17) is 15.3 Å². The molecule has 0 saturated heterocycles. The maximum atomic E-state index is 13.0. The average molecular weight is 508 g/mol. The molecule has 1 aromatic carbocycles. The maximum Gasteiger partial charge on any atom is 0.308 e. The number of nitrogens with one attached hydrogen (secondary N) is 3. The number of pyridine rings is 1. The van der Waals surface area contributed by atoms with Crippen molar-refractivity contribution in [3.8, 4) is 17.0 Å². The molecule has 5 N–H and O–H groups in total. The highest BCUT2D eigenvalue weighted by Gasteiger charge is 2.46. The van der Waals surface area contributed by atoms with E-state index in [0.717, 1.165) is 22.9 Å². The molecule has 1 unspecified atom stereocenters. The molecule has 1 aromatic heterocycles. The normalized spacial score (nSPS) is 15.3. The number of amidine groups is 1. The third-order valence-corrected chi connectivity index (χ3v) is 5.98. The van der Waals surface area contributed by atoms with Crippen molar-refractivity contribution in [3.05, 3.63) is 59.5 Å². The number of ether oxygens (including phenoxy) is 1. The second kappa shape index (κ2) is 11.5. The minimum atomic E-state index is -1.09. The molecule has 1 aliphatic rings. The van der Waals surface area contributed by atoms with Gasteiger partial charge in [-0.05, 0) is 37.0 Å². The summed E-state index contributed by atoms with van der Waals surface area (Å²) in [5.41, 5.74) is 1.98. The number of aromatic nitrogens is 1. The van der Waals surface area contributed by atoms with Crippen molar-refractivity contribution in [1.82, 2.24) is 15.6 Å². The van der Waals surface area contributed by atoms with Crippen LogP contribution in [0.2, 0.25) is 0 Å². The lowest BCUT2D eigenvalue weighted by atomic mass is 10.00.